The van der Waals surface area contributed by atoms with Crippen molar-refractivity contribution < 1.29 is 13.5 Å². The van der Waals surface area contributed by atoms with Gasteiger partial charge in [0.1, 0.15) is 17.3 Å². The van der Waals surface area contributed by atoms with Crippen molar-refractivity contribution in [2.75, 3.05) is 31.6 Å². The molecular weight excluding hydrogens is 486 g/mol. The fourth-order valence-electron chi connectivity index (χ4n) is 6.25. The first-order valence-electron chi connectivity index (χ1n) is 12.4. The number of alkyl halides is 1. The van der Waals surface area contributed by atoms with Crippen LogP contribution < -0.4 is 9.64 Å². The summed E-state index contributed by atoms with van der Waals surface area (Å²) >= 11 is 6.35. The van der Waals surface area contributed by atoms with Gasteiger partial charge in [-0.1, -0.05) is 11.6 Å². The van der Waals surface area contributed by atoms with Gasteiger partial charge < -0.3 is 9.64 Å². The van der Waals surface area contributed by atoms with Crippen LogP contribution in [0.25, 0.3) is 5.69 Å². The maximum absolute atomic E-state index is 14.6. The van der Waals surface area contributed by atoms with Crippen LogP contribution >= 0.6 is 11.6 Å². The second kappa shape index (κ2) is 7.86. The summed E-state index contributed by atoms with van der Waals surface area (Å²) in [7, 11) is 1.46. The van der Waals surface area contributed by atoms with Crippen LogP contribution in [0.1, 0.15) is 48.8 Å². The van der Waals surface area contributed by atoms with E-state index in [0.29, 0.717) is 43.4 Å². The molecule has 0 radical (unpaired) electrons. The molecule has 0 atom stereocenters. The lowest BCUT2D eigenvalue weighted by atomic mass is 9.57. The second-order valence-electron chi connectivity index (χ2n) is 11.0. The number of anilines is 1. The van der Waals surface area contributed by atoms with Gasteiger partial charge in [-0.15, -0.1) is 10.2 Å². The van der Waals surface area contributed by atoms with Crippen molar-refractivity contribution >= 4 is 17.4 Å². The van der Waals surface area contributed by atoms with Gasteiger partial charge in [-0.25, -0.2) is 13.8 Å². The highest BCUT2D eigenvalue weighted by Crippen LogP contribution is 2.57. The van der Waals surface area contributed by atoms with Crippen LogP contribution in [0.3, 0.4) is 0 Å². The third kappa shape index (κ3) is 3.66. The molecule has 2 aliphatic carbocycles. The Bertz CT molecular complexity index is 1340. The maximum atomic E-state index is 14.6. The zero-order valence-corrected chi connectivity index (χ0v) is 20.8. The van der Waals surface area contributed by atoms with Gasteiger partial charge in [-0.3, -0.25) is 9.47 Å². The minimum absolute atomic E-state index is 0.215. The van der Waals surface area contributed by atoms with E-state index in [0.717, 1.165) is 54.6 Å². The lowest BCUT2D eigenvalue weighted by Crippen LogP contribution is -2.62. The molecule has 0 bridgehead atoms. The summed E-state index contributed by atoms with van der Waals surface area (Å²) in [5, 5.41) is 9.88. The number of pyridine rings is 1. The monoisotopic (exact) mass is 512 g/mol. The summed E-state index contributed by atoms with van der Waals surface area (Å²) in [6, 6.07) is 7.58. The molecule has 2 aromatic heterocycles. The number of rotatable bonds is 5. The standard InChI is InChI=1S/C26H27ClF2N6O/c1-36-21-7-22(30-10-19(21)28)34-13-25(14-34)8-17(9-25)24-32-31-23-12-33(15-26(29)4-5-26)11-16-6-18(27)2-3-20(16)35(23)24/h2-3,6-7,10,17H,4-5,8-9,11-15H2,1H3. The quantitative estimate of drug-likeness (QED) is 0.495. The first-order valence-corrected chi connectivity index (χ1v) is 12.8. The Morgan fingerprint density at radius 2 is 1.94 bits per heavy atom. The van der Waals surface area contributed by atoms with Crippen molar-refractivity contribution in [1.82, 2.24) is 24.6 Å². The lowest BCUT2D eigenvalue weighted by Gasteiger charge is -2.59. The summed E-state index contributed by atoms with van der Waals surface area (Å²) in [4.78, 5) is 8.54. The SMILES string of the molecule is COc1cc(N2CC3(CC(c4nnc5n4-c4ccc(Cl)cc4CN(CC4(F)CC4)C5)C3)C2)ncc1F. The first kappa shape index (κ1) is 22.4. The molecule has 188 valence electrons. The van der Waals surface area contributed by atoms with E-state index in [1.54, 1.807) is 6.07 Å². The minimum Gasteiger partial charge on any atom is -0.493 e. The Labute approximate surface area is 213 Å². The summed E-state index contributed by atoms with van der Waals surface area (Å²) in [5.41, 5.74) is 1.26. The molecule has 36 heavy (non-hydrogen) atoms. The first-order chi connectivity index (χ1) is 17.3. The highest BCUT2D eigenvalue weighted by atomic mass is 35.5. The van der Waals surface area contributed by atoms with Crippen molar-refractivity contribution in [3.63, 3.8) is 0 Å². The van der Waals surface area contributed by atoms with E-state index < -0.39 is 11.5 Å². The van der Waals surface area contributed by atoms with Gasteiger partial charge >= 0.3 is 0 Å². The highest BCUT2D eigenvalue weighted by Gasteiger charge is 2.54. The molecule has 3 aromatic rings. The van der Waals surface area contributed by atoms with E-state index in [2.05, 4.69) is 29.5 Å². The Morgan fingerprint density at radius 3 is 2.69 bits per heavy atom. The van der Waals surface area contributed by atoms with E-state index in [1.165, 1.54) is 13.3 Å². The number of halogens is 3. The van der Waals surface area contributed by atoms with E-state index in [9.17, 15) is 8.78 Å². The maximum Gasteiger partial charge on any atom is 0.183 e. The lowest BCUT2D eigenvalue weighted by molar-refractivity contribution is 0.0581. The number of methoxy groups -OCH3 is 1. The summed E-state index contributed by atoms with van der Waals surface area (Å²) < 4.78 is 35.7. The molecule has 2 aliphatic heterocycles. The van der Waals surface area contributed by atoms with Crippen LogP contribution in [0.2, 0.25) is 5.02 Å². The minimum atomic E-state index is -1.07. The summed E-state index contributed by atoms with van der Waals surface area (Å²) in [5.74, 6) is 2.64. The zero-order chi connectivity index (χ0) is 24.7. The number of fused-ring (bicyclic) bond motifs is 3. The molecule has 1 saturated heterocycles. The van der Waals surface area contributed by atoms with Gasteiger partial charge in [0.25, 0.3) is 0 Å². The molecule has 0 amide bonds. The zero-order valence-electron chi connectivity index (χ0n) is 20.1. The smallest absolute Gasteiger partial charge is 0.183 e. The van der Waals surface area contributed by atoms with E-state index >= 15 is 0 Å². The normalized spacial score (nSPS) is 21.8. The van der Waals surface area contributed by atoms with E-state index in [-0.39, 0.29) is 11.2 Å². The van der Waals surface area contributed by atoms with Crippen LogP contribution in [0, 0.1) is 11.2 Å². The molecule has 0 N–H and O–H groups in total. The predicted molar refractivity (Wildman–Crippen MR) is 131 cm³/mol. The summed E-state index contributed by atoms with van der Waals surface area (Å²) in [6.07, 6.45) is 4.51. The molecule has 7 rings (SSSR count). The summed E-state index contributed by atoms with van der Waals surface area (Å²) in [6.45, 7) is 3.37. The van der Waals surface area contributed by atoms with Crippen molar-refractivity contribution in [3.8, 4) is 11.4 Å². The molecule has 3 fully saturated rings. The average Bonchev–Trinajstić information content (AvgIpc) is 3.43. The van der Waals surface area contributed by atoms with Gasteiger partial charge in [0, 0.05) is 48.6 Å². The number of hydrogen-bond donors (Lipinski definition) is 0. The number of hydrogen-bond acceptors (Lipinski definition) is 6. The average molecular weight is 513 g/mol. The fraction of sp³-hybridized carbons (Fsp3) is 0.500. The Kier molecular flexibility index (Phi) is 4.89. The van der Waals surface area contributed by atoms with Crippen molar-refractivity contribution in [3.05, 3.63) is 58.5 Å². The molecule has 0 unspecified atom stereocenters. The molecule has 7 nitrogen and oxygen atoms in total. The van der Waals surface area contributed by atoms with E-state index in [1.807, 2.05) is 18.2 Å². The number of aromatic nitrogens is 4. The van der Waals surface area contributed by atoms with Gasteiger partial charge in [0.2, 0.25) is 0 Å². The van der Waals surface area contributed by atoms with Crippen LogP contribution in [-0.2, 0) is 13.1 Å². The second-order valence-corrected chi connectivity index (χ2v) is 11.5. The fourth-order valence-corrected chi connectivity index (χ4v) is 6.45. The number of nitrogens with zero attached hydrogens (tertiary/aromatic N) is 6. The van der Waals surface area contributed by atoms with Gasteiger partial charge in [0.15, 0.2) is 17.4 Å². The Hall–Kier alpha value is -2.78. The molecule has 10 heteroatoms. The van der Waals surface area contributed by atoms with Crippen LogP contribution in [0.15, 0.2) is 30.5 Å². The van der Waals surface area contributed by atoms with Crippen molar-refractivity contribution in [1.29, 1.82) is 0 Å². The largest absolute Gasteiger partial charge is 0.493 e. The topological polar surface area (TPSA) is 59.3 Å². The van der Waals surface area contributed by atoms with Gasteiger partial charge in [-0.2, -0.15) is 0 Å². The molecule has 2 saturated carbocycles. The predicted octanol–water partition coefficient (Wildman–Crippen LogP) is 4.67. The molecule has 1 spiro atoms. The Morgan fingerprint density at radius 1 is 1.14 bits per heavy atom. The van der Waals surface area contributed by atoms with Gasteiger partial charge in [0.05, 0.1) is 25.5 Å². The Balaban J connectivity index is 1.11. The molecule has 4 aliphatic rings. The number of benzene rings is 1. The molecule has 4 heterocycles. The van der Waals surface area contributed by atoms with Crippen molar-refractivity contribution in [2.45, 2.75) is 50.4 Å². The van der Waals surface area contributed by atoms with Crippen LogP contribution in [0.4, 0.5) is 14.6 Å². The third-order valence-corrected chi connectivity index (χ3v) is 8.46. The molecular formula is C26H27ClF2N6O. The van der Waals surface area contributed by atoms with E-state index in [4.69, 9.17) is 16.3 Å². The van der Waals surface area contributed by atoms with Crippen LogP contribution in [0.5, 0.6) is 5.75 Å². The van der Waals surface area contributed by atoms with Crippen LogP contribution in [-0.4, -0.2) is 57.1 Å². The van der Waals surface area contributed by atoms with Gasteiger partial charge in [-0.05, 0) is 49.4 Å². The molecule has 1 aromatic carbocycles. The highest BCUT2D eigenvalue weighted by molar-refractivity contribution is 6.30. The number of ether oxygens (including phenoxy) is 1. The van der Waals surface area contributed by atoms with Crippen molar-refractivity contribution in [2.24, 2.45) is 5.41 Å². The third-order valence-electron chi connectivity index (χ3n) is 8.22.